The van der Waals surface area contributed by atoms with E-state index in [-0.39, 0.29) is 6.03 Å². The van der Waals surface area contributed by atoms with Crippen molar-refractivity contribution in [2.75, 3.05) is 10.6 Å². The molecule has 0 saturated carbocycles. The summed E-state index contributed by atoms with van der Waals surface area (Å²) in [5.41, 5.74) is 4.00. The van der Waals surface area contributed by atoms with Gasteiger partial charge in [0.15, 0.2) is 5.13 Å². The topological polar surface area (TPSA) is 77.8 Å². The van der Waals surface area contributed by atoms with E-state index in [0.717, 1.165) is 21.3 Å². The first-order chi connectivity index (χ1) is 11.0. The molecule has 2 N–H and O–H groups in total. The lowest BCUT2D eigenvalue weighted by Crippen LogP contribution is -2.19. The van der Waals surface area contributed by atoms with Crippen LogP contribution in [0.3, 0.4) is 0 Å². The second-order valence-electron chi connectivity index (χ2n) is 5.21. The van der Waals surface area contributed by atoms with Gasteiger partial charge in [-0.05, 0) is 49.2 Å². The van der Waals surface area contributed by atoms with Gasteiger partial charge in [-0.3, -0.25) is 5.32 Å². The minimum atomic E-state index is -0.381. The van der Waals surface area contributed by atoms with E-state index in [1.165, 1.54) is 11.3 Å². The largest absolute Gasteiger partial charge is 0.325 e. The Hall–Kier alpha value is -2.91. The summed E-state index contributed by atoms with van der Waals surface area (Å²) in [6, 6.07) is 12.9. The van der Waals surface area contributed by atoms with Gasteiger partial charge in [0.1, 0.15) is 0 Å². The first kappa shape index (κ1) is 15.0. The number of nitrogens with zero attached hydrogens (tertiary/aromatic N) is 2. The van der Waals surface area contributed by atoms with Crippen molar-refractivity contribution < 1.29 is 4.79 Å². The molecule has 3 aromatic rings. The molecule has 0 atom stereocenters. The van der Waals surface area contributed by atoms with E-state index in [0.29, 0.717) is 16.4 Å². The van der Waals surface area contributed by atoms with Crippen molar-refractivity contribution in [2.45, 2.75) is 13.8 Å². The van der Waals surface area contributed by atoms with Gasteiger partial charge in [-0.2, -0.15) is 5.26 Å². The molecule has 114 valence electrons. The number of nitrogens with one attached hydrogen (secondary N) is 2. The van der Waals surface area contributed by atoms with Crippen LogP contribution in [0.5, 0.6) is 0 Å². The van der Waals surface area contributed by atoms with Crippen LogP contribution in [0.2, 0.25) is 0 Å². The quantitative estimate of drug-likeness (QED) is 0.732. The monoisotopic (exact) mass is 322 g/mol. The number of amides is 2. The van der Waals surface area contributed by atoms with E-state index in [1.807, 2.05) is 32.0 Å². The fourth-order valence-electron chi connectivity index (χ4n) is 2.16. The highest BCUT2D eigenvalue weighted by Gasteiger charge is 2.09. The van der Waals surface area contributed by atoms with Crippen LogP contribution >= 0.6 is 11.3 Å². The summed E-state index contributed by atoms with van der Waals surface area (Å²) in [5, 5.41) is 15.0. The van der Waals surface area contributed by atoms with E-state index >= 15 is 0 Å². The van der Waals surface area contributed by atoms with E-state index in [2.05, 4.69) is 21.7 Å². The number of carbonyl (C=O) groups excluding carboxylic acids is 1. The van der Waals surface area contributed by atoms with Gasteiger partial charge in [-0.15, -0.1) is 0 Å². The lowest BCUT2D eigenvalue weighted by molar-refractivity contribution is 0.262. The molecule has 0 aliphatic heterocycles. The third-order valence-corrected chi connectivity index (χ3v) is 4.31. The SMILES string of the molecule is Cc1ccc2nc(NC(=O)Nc3ccc(C)c(C#N)c3)sc2c1. The smallest absolute Gasteiger partial charge is 0.308 e. The van der Waals surface area contributed by atoms with Crippen molar-refractivity contribution in [3.8, 4) is 6.07 Å². The van der Waals surface area contributed by atoms with Crippen LogP contribution in [-0.2, 0) is 0 Å². The molecule has 6 heteroatoms. The number of aryl methyl sites for hydroxylation is 2. The maximum atomic E-state index is 12.1. The van der Waals surface area contributed by atoms with E-state index < -0.39 is 0 Å². The molecule has 5 nitrogen and oxygen atoms in total. The fourth-order valence-corrected chi connectivity index (χ4v) is 3.12. The minimum absolute atomic E-state index is 0.381. The van der Waals surface area contributed by atoms with Gasteiger partial charge in [0.2, 0.25) is 0 Å². The Morgan fingerprint density at radius 3 is 2.78 bits per heavy atom. The number of benzene rings is 2. The highest BCUT2D eigenvalue weighted by molar-refractivity contribution is 7.22. The van der Waals surface area contributed by atoms with Crippen molar-refractivity contribution in [3.05, 3.63) is 53.1 Å². The zero-order chi connectivity index (χ0) is 16.4. The Labute approximate surface area is 137 Å². The van der Waals surface area contributed by atoms with Crippen molar-refractivity contribution >= 4 is 38.4 Å². The molecule has 1 heterocycles. The number of rotatable bonds is 2. The molecule has 23 heavy (non-hydrogen) atoms. The molecule has 3 rings (SSSR count). The van der Waals surface area contributed by atoms with Crippen LogP contribution in [0, 0.1) is 25.2 Å². The first-order valence-corrected chi connectivity index (χ1v) is 7.83. The van der Waals surface area contributed by atoms with Crippen molar-refractivity contribution in [3.63, 3.8) is 0 Å². The highest BCUT2D eigenvalue weighted by atomic mass is 32.1. The number of aromatic nitrogens is 1. The number of fused-ring (bicyclic) bond motifs is 1. The van der Waals surface area contributed by atoms with Crippen LogP contribution < -0.4 is 10.6 Å². The van der Waals surface area contributed by atoms with E-state index in [4.69, 9.17) is 5.26 Å². The van der Waals surface area contributed by atoms with Gasteiger partial charge >= 0.3 is 6.03 Å². The number of hydrogen-bond donors (Lipinski definition) is 2. The van der Waals surface area contributed by atoms with Crippen LogP contribution in [0.15, 0.2) is 36.4 Å². The third kappa shape index (κ3) is 3.30. The molecular formula is C17H14N4OS. The number of hydrogen-bond acceptors (Lipinski definition) is 4. The lowest BCUT2D eigenvalue weighted by Gasteiger charge is -2.06. The molecule has 0 spiro atoms. The van der Waals surface area contributed by atoms with Crippen LogP contribution in [-0.4, -0.2) is 11.0 Å². The number of urea groups is 1. The zero-order valence-corrected chi connectivity index (χ0v) is 13.5. The summed E-state index contributed by atoms with van der Waals surface area (Å²) >= 11 is 1.43. The maximum Gasteiger partial charge on any atom is 0.325 e. The summed E-state index contributed by atoms with van der Waals surface area (Å²) in [6.07, 6.45) is 0. The molecule has 0 unspecified atom stereocenters. The lowest BCUT2D eigenvalue weighted by atomic mass is 10.1. The van der Waals surface area contributed by atoms with Crippen molar-refractivity contribution in [2.24, 2.45) is 0 Å². The molecule has 1 aromatic heterocycles. The molecule has 0 radical (unpaired) electrons. The molecule has 0 aliphatic rings. The van der Waals surface area contributed by atoms with Gasteiger partial charge in [0.25, 0.3) is 0 Å². The molecular weight excluding hydrogens is 308 g/mol. The van der Waals surface area contributed by atoms with E-state index in [9.17, 15) is 4.79 Å². The molecule has 0 aliphatic carbocycles. The van der Waals surface area contributed by atoms with Gasteiger partial charge in [0, 0.05) is 5.69 Å². The number of nitriles is 1. The van der Waals surface area contributed by atoms with Crippen molar-refractivity contribution in [1.29, 1.82) is 5.26 Å². The highest BCUT2D eigenvalue weighted by Crippen LogP contribution is 2.26. The Morgan fingerprint density at radius 1 is 1.17 bits per heavy atom. The molecule has 2 amide bonds. The molecule has 0 bridgehead atoms. The Balaban J connectivity index is 1.74. The van der Waals surface area contributed by atoms with Crippen molar-refractivity contribution in [1.82, 2.24) is 4.98 Å². The van der Waals surface area contributed by atoms with Crippen LogP contribution in [0.25, 0.3) is 10.2 Å². The standard InChI is InChI=1S/C17H14N4OS/c1-10-3-6-14-15(7-10)23-17(20-14)21-16(22)19-13-5-4-11(2)12(8-13)9-18/h3-8H,1-2H3,(H2,19,20,21,22). The molecule has 0 saturated heterocycles. The summed E-state index contributed by atoms with van der Waals surface area (Å²) in [4.78, 5) is 16.4. The zero-order valence-electron chi connectivity index (χ0n) is 12.7. The predicted octanol–water partition coefficient (Wildman–Crippen LogP) is 4.43. The van der Waals surface area contributed by atoms with Crippen LogP contribution in [0.4, 0.5) is 15.6 Å². The average molecular weight is 322 g/mol. The second kappa shape index (κ2) is 6.07. The van der Waals surface area contributed by atoms with E-state index in [1.54, 1.807) is 18.2 Å². The number of thiazole rings is 1. The first-order valence-electron chi connectivity index (χ1n) is 7.01. The third-order valence-electron chi connectivity index (χ3n) is 3.38. The Morgan fingerprint density at radius 2 is 2.00 bits per heavy atom. The Kier molecular flexibility index (Phi) is 3.96. The maximum absolute atomic E-state index is 12.1. The van der Waals surface area contributed by atoms with Gasteiger partial charge < -0.3 is 5.32 Å². The summed E-state index contributed by atoms with van der Waals surface area (Å²) < 4.78 is 1.03. The minimum Gasteiger partial charge on any atom is -0.308 e. The van der Waals surface area contributed by atoms with Gasteiger partial charge in [-0.25, -0.2) is 9.78 Å². The number of anilines is 2. The normalized spacial score (nSPS) is 10.3. The predicted molar refractivity (Wildman–Crippen MR) is 92.9 cm³/mol. The summed E-state index contributed by atoms with van der Waals surface area (Å²) in [5.74, 6) is 0. The van der Waals surface area contributed by atoms with Gasteiger partial charge in [-0.1, -0.05) is 23.5 Å². The summed E-state index contributed by atoms with van der Waals surface area (Å²) in [6.45, 7) is 3.87. The summed E-state index contributed by atoms with van der Waals surface area (Å²) in [7, 11) is 0. The van der Waals surface area contributed by atoms with Crippen LogP contribution in [0.1, 0.15) is 16.7 Å². The Bertz CT molecular complexity index is 939. The fraction of sp³-hybridized carbons (Fsp3) is 0.118. The molecule has 2 aromatic carbocycles. The second-order valence-corrected chi connectivity index (χ2v) is 6.24. The number of carbonyl (C=O) groups is 1. The average Bonchev–Trinajstić information content (AvgIpc) is 2.90. The van der Waals surface area contributed by atoms with Gasteiger partial charge in [0.05, 0.1) is 21.8 Å². The molecule has 0 fully saturated rings.